The Kier molecular flexibility index (Phi) is 5.56. The van der Waals surface area contributed by atoms with Crippen LogP contribution in [0.25, 0.3) is 0 Å². The van der Waals surface area contributed by atoms with Gasteiger partial charge in [-0.3, -0.25) is 4.79 Å². The zero-order valence-corrected chi connectivity index (χ0v) is 12.6. The summed E-state index contributed by atoms with van der Waals surface area (Å²) in [5.41, 5.74) is 7.33. The second kappa shape index (κ2) is 7.41. The van der Waals surface area contributed by atoms with E-state index in [-0.39, 0.29) is 17.8 Å². The Labute approximate surface area is 125 Å². The molecule has 0 spiro atoms. The highest BCUT2D eigenvalue weighted by Crippen LogP contribution is 2.28. The highest BCUT2D eigenvalue weighted by Gasteiger charge is 2.28. The van der Waals surface area contributed by atoms with Crippen LogP contribution in [0.1, 0.15) is 38.2 Å². The summed E-state index contributed by atoms with van der Waals surface area (Å²) in [7, 11) is 0. The number of amides is 1. The number of nitrogens with zero attached hydrogens (tertiary/aromatic N) is 1. The number of primary amides is 1. The van der Waals surface area contributed by atoms with Crippen LogP contribution in [0, 0.1) is 5.82 Å². The Hall–Kier alpha value is -1.62. The van der Waals surface area contributed by atoms with Gasteiger partial charge in [0.05, 0.1) is 0 Å². The van der Waals surface area contributed by atoms with Crippen molar-refractivity contribution in [3.8, 4) is 0 Å². The molecule has 1 atom stereocenters. The number of rotatable bonds is 6. The highest BCUT2D eigenvalue weighted by atomic mass is 19.1. The van der Waals surface area contributed by atoms with E-state index in [2.05, 4.69) is 12.2 Å². The van der Waals surface area contributed by atoms with Gasteiger partial charge in [0.15, 0.2) is 0 Å². The zero-order chi connectivity index (χ0) is 15.2. The molecule has 0 aromatic heterocycles. The first-order chi connectivity index (χ1) is 10.1. The van der Waals surface area contributed by atoms with Crippen LogP contribution >= 0.6 is 0 Å². The number of carbonyl (C=O) groups excluding carboxylic acids is 1. The normalized spacial score (nSPS) is 18.8. The molecule has 116 valence electrons. The third-order valence-corrected chi connectivity index (χ3v) is 3.92. The van der Waals surface area contributed by atoms with Crippen LogP contribution < -0.4 is 16.0 Å². The number of anilines is 1. The van der Waals surface area contributed by atoms with E-state index in [0.717, 1.165) is 50.0 Å². The average Bonchev–Trinajstić information content (AvgIpc) is 2.48. The molecular weight excluding hydrogens is 269 g/mol. The number of benzene rings is 1. The lowest BCUT2D eigenvalue weighted by Crippen LogP contribution is -2.48. The molecule has 1 fully saturated rings. The molecule has 21 heavy (non-hydrogen) atoms. The topological polar surface area (TPSA) is 58.4 Å². The first-order valence-corrected chi connectivity index (χ1v) is 7.68. The van der Waals surface area contributed by atoms with Crippen LogP contribution in [0.15, 0.2) is 18.2 Å². The SMILES string of the molecule is CCCNCc1cc(F)ccc1N1CCCCC1C(N)=O. The standard InChI is InChI=1S/C16H24FN3O/c1-2-8-19-11-12-10-13(17)6-7-14(12)20-9-4-3-5-15(20)16(18)21/h6-7,10,15,19H,2-5,8-9,11H2,1H3,(H2,18,21). The predicted octanol–water partition coefficient (Wildman–Crippen LogP) is 2.17. The Morgan fingerprint density at radius 1 is 1.48 bits per heavy atom. The minimum absolute atomic E-state index is 0.250. The smallest absolute Gasteiger partial charge is 0.240 e. The fourth-order valence-corrected chi connectivity index (χ4v) is 2.89. The first kappa shape index (κ1) is 15.8. The van der Waals surface area contributed by atoms with Crippen LogP contribution in [0.5, 0.6) is 0 Å². The Bertz CT molecular complexity index is 492. The minimum Gasteiger partial charge on any atom is -0.368 e. The van der Waals surface area contributed by atoms with Gasteiger partial charge >= 0.3 is 0 Å². The van der Waals surface area contributed by atoms with Gasteiger partial charge < -0.3 is 16.0 Å². The van der Waals surface area contributed by atoms with Crippen LogP contribution in [-0.4, -0.2) is 25.0 Å². The molecule has 1 unspecified atom stereocenters. The van der Waals surface area contributed by atoms with E-state index in [0.29, 0.717) is 6.54 Å². The van der Waals surface area contributed by atoms with E-state index >= 15 is 0 Å². The van der Waals surface area contributed by atoms with Gasteiger partial charge in [-0.25, -0.2) is 4.39 Å². The predicted molar refractivity (Wildman–Crippen MR) is 82.6 cm³/mol. The molecule has 0 aliphatic carbocycles. The van der Waals surface area contributed by atoms with Gasteiger partial charge in [-0.05, 0) is 56.0 Å². The molecule has 3 N–H and O–H groups in total. The van der Waals surface area contributed by atoms with E-state index < -0.39 is 0 Å². The molecule has 5 heteroatoms. The summed E-state index contributed by atoms with van der Waals surface area (Å²) in [6.45, 7) is 4.37. The van der Waals surface area contributed by atoms with Crippen molar-refractivity contribution in [3.05, 3.63) is 29.6 Å². The maximum absolute atomic E-state index is 13.5. The van der Waals surface area contributed by atoms with Crippen molar-refractivity contribution < 1.29 is 9.18 Å². The van der Waals surface area contributed by atoms with Gasteiger partial charge in [0.1, 0.15) is 11.9 Å². The molecule has 1 aromatic carbocycles. The van der Waals surface area contributed by atoms with Crippen molar-refractivity contribution in [1.82, 2.24) is 5.32 Å². The maximum Gasteiger partial charge on any atom is 0.240 e. The number of carbonyl (C=O) groups is 1. The molecule has 1 aromatic rings. The quantitative estimate of drug-likeness (QED) is 0.790. The zero-order valence-electron chi connectivity index (χ0n) is 12.6. The summed E-state index contributed by atoms with van der Waals surface area (Å²) < 4.78 is 13.5. The molecule has 4 nitrogen and oxygen atoms in total. The lowest BCUT2D eigenvalue weighted by Gasteiger charge is -2.36. The molecule has 0 bridgehead atoms. The van der Waals surface area contributed by atoms with Crippen LogP contribution in [0.4, 0.5) is 10.1 Å². The molecule has 1 amide bonds. The number of hydrogen-bond acceptors (Lipinski definition) is 3. The van der Waals surface area contributed by atoms with E-state index in [1.165, 1.54) is 6.07 Å². The molecule has 0 radical (unpaired) electrons. The number of piperidine rings is 1. The van der Waals surface area contributed by atoms with Crippen LogP contribution in [0.2, 0.25) is 0 Å². The van der Waals surface area contributed by atoms with Crippen LogP contribution in [-0.2, 0) is 11.3 Å². The fraction of sp³-hybridized carbons (Fsp3) is 0.562. The fourth-order valence-electron chi connectivity index (χ4n) is 2.89. The number of nitrogens with two attached hydrogens (primary N) is 1. The molecule has 1 saturated heterocycles. The molecule has 2 rings (SSSR count). The van der Waals surface area contributed by atoms with Crippen LogP contribution in [0.3, 0.4) is 0 Å². The van der Waals surface area contributed by atoms with Gasteiger partial charge in [-0.2, -0.15) is 0 Å². The molecule has 1 aliphatic heterocycles. The summed E-state index contributed by atoms with van der Waals surface area (Å²) >= 11 is 0. The van der Waals surface area contributed by atoms with Gasteiger partial charge in [0.2, 0.25) is 5.91 Å². The summed E-state index contributed by atoms with van der Waals surface area (Å²) in [6, 6.07) is 4.48. The van der Waals surface area contributed by atoms with E-state index in [9.17, 15) is 9.18 Å². The van der Waals surface area contributed by atoms with Gasteiger partial charge in [0, 0.05) is 18.8 Å². The molecule has 1 heterocycles. The highest BCUT2D eigenvalue weighted by molar-refractivity contribution is 5.84. The number of hydrogen-bond donors (Lipinski definition) is 2. The molecule has 1 aliphatic rings. The lowest BCUT2D eigenvalue weighted by molar-refractivity contribution is -0.119. The van der Waals surface area contributed by atoms with Crippen molar-refractivity contribution in [2.45, 2.75) is 45.2 Å². The summed E-state index contributed by atoms with van der Waals surface area (Å²) in [5.74, 6) is -0.550. The van der Waals surface area contributed by atoms with E-state index in [1.54, 1.807) is 12.1 Å². The second-order valence-corrected chi connectivity index (χ2v) is 5.56. The molecular formula is C16H24FN3O. The first-order valence-electron chi connectivity index (χ1n) is 7.68. The van der Waals surface area contributed by atoms with Gasteiger partial charge in [-0.1, -0.05) is 6.92 Å². The average molecular weight is 293 g/mol. The lowest BCUT2D eigenvalue weighted by atomic mass is 9.99. The maximum atomic E-state index is 13.5. The second-order valence-electron chi connectivity index (χ2n) is 5.56. The van der Waals surface area contributed by atoms with Gasteiger partial charge in [-0.15, -0.1) is 0 Å². The Morgan fingerprint density at radius 3 is 3.00 bits per heavy atom. The van der Waals surface area contributed by atoms with Crippen molar-refractivity contribution in [1.29, 1.82) is 0 Å². The summed E-state index contributed by atoms with van der Waals surface area (Å²) in [4.78, 5) is 13.7. The summed E-state index contributed by atoms with van der Waals surface area (Å²) in [6.07, 6.45) is 3.84. The number of halogens is 1. The Balaban J connectivity index is 2.25. The van der Waals surface area contributed by atoms with E-state index in [4.69, 9.17) is 5.73 Å². The molecule has 0 saturated carbocycles. The van der Waals surface area contributed by atoms with Gasteiger partial charge in [0.25, 0.3) is 0 Å². The van der Waals surface area contributed by atoms with Crippen molar-refractivity contribution >= 4 is 11.6 Å². The largest absolute Gasteiger partial charge is 0.368 e. The Morgan fingerprint density at radius 2 is 2.29 bits per heavy atom. The number of nitrogens with one attached hydrogen (secondary N) is 1. The monoisotopic (exact) mass is 293 g/mol. The minimum atomic E-state index is -0.300. The van der Waals surface area contributed by atoms with Crippen molar-refractivity contribution in [2.24, 2.45) is 5.73 Å². The van der Waals surface area contributed by atoms with Crippen molar-refractivity contribution in [2.75, 3.05) is 18.0 Å². The summed E-state index contributed by atoms with van der Waals surface area (Å²) in [5, 5.41) is 3.29. The third-order valence-electron chi connectivity index (χ3n) is 3.92. The van der Waals surface area contributed by atoms with Crippen molar-refractivity contribution in [3.63, 3.8) is 0 Å². The van der Waals surface area contributed by atoms with E-state index in [1.807, 2.05) is 4.90 Å². The third kappa shape index (κ3) is 3.94.